The number of hydrogen-bond donors (Lipinski definition) is 1. The number of nitrogens with one attached hydrogen (secondary N) is 1. The van der Waals surface area contributed by atoms with Crippen molar-refractivity contribution in [2.75, 3.05) is 0 Å². The summed E-state index contributed by atoms with van der Waals surface area (Å²) < 4.78 is 0. The summed E-state index contributed by atoms with van der Waals surface area (Å²) >= 11 is 0. The highest BCUT2D eigenvalue weighted by molar-refractivity contribution is 5.85. The third-order valence-corrected chi connectivity index (χ3v) is 1.51. The smallest absolute Gasteiger partial charge is 0.0565 e. The molecule has 0 unspecified atom stereocenters. The highest BCUT2D eigenvalue weighted by Gasteiger charge is 1.94. The Hall–Kier alpha value is -1.06. The van der Waals surface area contributed by atoms with Gasteiger partial charge in [-0.2, -0.15) is 5.10 Å². The summed E-state index contributed by atoms with van der Waals surface area (Å²) in [5.74, 6) is 0. The molecule has 13 heavy (non-hydrogen) atoms. The van der Waals surface area contributed by atoms with Crippen LogP contribution in [0.2, 0.25) is 0 Å². The first-order chi connectivity index (χ1) is 5.47. The molecule has 0 aliphatic carbocycles. The van der Waals surface area contributed by atoms with Crippen LogP contribution in [0.4, 0.5) is 0 Å². The molecule has 0 atom stereocenters. The summed E-state index contributed by atoms with van der Waals surface area (Å²) in [6.07, 6.45) is 7.18. The van der Waals surface area contributed by atoms with Gasteiger partial charge in [0.2, 0.25) is 0 Å². The quantitative estimate of drug-likeness (QED) is 0.797. The topological polar surface area (TPSA) is 41.6 Å². The highest BCUT2D eigenvalue weighted by atomic mass is 35.5. The second-order valence-corrected chi connectivity index (χ2v) is 2.22. The lowest BCUT2D eigenvalue weighted by atomic mass is 10.2. The van der Waals surface area contributed by atoms with E-state index in [4.69, 9.17) is 0 Å². The van der Waals surface area contributed by atoms with Crippen molar-refractivity contribution in [2.45, 2.75) is 0 Å². The fraction of sp³-hybridized carbons (Fsp3) is 0. The summed E-state index contributed by atoms with van der Waals surface area (Å²) in [5.41, 5.74) is 2.22. The summed E-state index contributed by atoms with van der Waals surface area (Å²) in [6, 6.07) is 3.90. The largest absolute Gasteiger partial charge is 0.285 e. The molecule has 3 nitrogen and oxygen atoms in total. The first kappa shape index (κ1) is 11.9. The SMILES string of the molecule is Cl.Cl.c1cc(-c2cn[nH]c2)ccn1. The first-order valence-corrected chi connectivity index (χ1v) is 3.36. The summed E-state index contributed by atoms with van der Waals surface area (Å²) in [7, 11) is 0. The zero-order valence-corrected chi connectivity index (χ0v) is 8.31. The number of halogens is 2. The zero-order chi connectivity index (χ0) is 7.52. The van der Waals surface area contributed by atoms with E-state index in [0.717, 1.165) is 11.1 Å². The van der Waals surface area contributed by atoms with Crippen molar-refractivity contribution in [1.29, 1.82) is 0 Å². The Bertz CT molecular complexity index is 320. The maximum Gasteiger partial charge on any atom is 0.0565 e. The molecule has 1 N–H and O–H groups in total. The van der Waals surface area contributed by atoms with Crippen molar-refractivity contribution in [2.24, 2.45) is 0 Å². The molecule has 0 aliphatic rings. The van der Waals surface area contributed by atoms with Crippen LogP contribution in [0.5, 0.6) is 0 Å². The number of nitrogens with zero attached hydrogens (tertiary/aromatic N) is 2. The molecular weight excluding hydrogens is 209 g/mol. The number of pyridine rings is 1. The number of aromatic nitrogens is 3. The lowest BCUT2D eigenvalue weighted by Crippen LogP contribution is -1.73. The molecule has 0 spiro atoms. The van der Waals surface area contributed by atoms with E-state index in [0.29, 0.717) is 0 Å². The van der Waals surface area contributed by atoms with Crippen molar-refractivity contribution in [3.63, 3.8) is 0 Å². The Morgan fingerprint density at radius 1 is 1.00 bits per heavy atom. The number of hydrogen-bond acceptors (Lipinski definition) is 2. The number of rotatable bonds is 1. The molecule has 0 saturated carbocycles. The average Bonchev–Trinajstić information content (AvgIpc) is 2.58. The van der Waals surface area contributed by atoms with Crippen LogP contribution in [0.25, 0.3) is 11.1 Å². The van der Waals surface area contributed by atoms with Crippen LogP contribution in [-0.4, -0.2) is 15.2 Å². The van der Waals surface area contributed by atoms with E-state index in [-0.39, 0.29) is 24.8 Å². The lowest BCUT2D eigenvalue weighted by Gasteiger charge is -1.91. The van der Waals surface area contributed by atoms with E-state index in [9.17, 15) is 0 Å². The molecule has 0 amide bonds. The van der Waals surface area contributed by atoms with Gasteiger partial charge in [0.15, 0.2) is 0 Å². The van der Waals surface area contributed by atoms with Crippen molar-refractivity contribution in [3.05, 3.63) is 36.9 Å². The minimum Gasteiger partial charge on any atom is -0.285 e. The molecule has 2 heterocycles. The van der Waals surface area contributed by atoms with Crippen LogP contribution in [-0.2, 0) is 0 Å². The predicted molar refractivity (Wildman–Crippen MR) is 56.3 cm³/mol. The molecular formula is C8H9Cl2N3. The summed E-state index contributed by atoms with van der Waals surface area (Å²) in [5, 5.41) is 6.61. The van der Waals surface area contributed by atoms with Crippen molar-refractivity contribution in [1.82, 2.24) is 15.2 Å². The van der Waals surface area contributed by atoms with Crippen molar-refractivity contribution >= 4 is 24.8 Å². The van der Waals surface area contributed by atoms with Gasteiger partial charge in [-0.25, -0.2) is 0 Å². The minimum atomic E-state index is 0. The van der Waals surface area contributed by atoms with Crippen LogP contribution in [0.1, 0.15) is 0 Å². The van der Waals surface area contributed by atoms with Crippen LogP contribution >= 0.6 is 24.8 Å². The predicted octanol–water partition coefficient (Wildman–Crippen LogP) is 2.32. The monoisotopic (exact) mass is 217 g/mol. The summed E-state index contributed by atoms with van der Waals surface area (Å²) in [6.45, 7) is 0. The Morgan fingerprint density at radius 2 is 1.69 bits per heavy atom. The molecule has 0 fully saturated rings. The van der Waals surface area contributed by atoms with Gasteiger partial charge < -0.3 is 0 Å². The van der Waals surface area contributed by atoms with Gasteiger partial charge in [-0.15, -0.1) is 24.8 Å². The third kappa shape index (κ3) is 2.72. The van der Waals surface area contributed by atoms with Gasteiger partial charge in [0.25, 0.3) is 0 Å². The van der Waals surface area contributed by atoms with E-state index in [2.05, 4.69) is 15.2 Å². The molecule has 0 saturated heterocycles. The van der Waals surface area contributed by atoms with E-state index in [1.54, 1.807) is 18.6 Å². The van der Waals surface area contributed by atoms with E-state index in [1.165, 1.54) is 0 Å². The maximum atomic E-state index is 3.92. The molecule has 0 aromatic carbocycles. The fourth-order valence-electron chi connectivity index (χ4n) is 0.953. The Kier molecular flexibility index (Phi) is 5.11. The Balaban J connectivity index is 0.000000720. The van der Waals surface area contributed by atoms with Gasteiger partial charge >= 0.3 is 0 Å². The fourth-order valence-corrected chi connectivity index (χ4v) is 0.953. The third-order valence-electron chi connectivity index (χ3n) is 1.51. The van der Waals surface area contributed by atoms with Gasteiger partial charge in [0.05, 0.1) is 6.20 Å². The molecule has 2 rings (SSSR count). The number of aromatic amines is 1. The van der Waals surface area contributed by atoms with Crippen LogP contribution in [0.3, 0.4) is 0 Å². The summed E-state index contributed by atoms with van der Waals surface area (Å²) in [4.78, 5) is 3.92. The molecule has 2 aromatic rings. The number of H-pyrrole nitrogens is 1. The molecule has 5 heteroatoms. The standard InChI is InChI=1S/C8H7N3.2ClH/c1-3-9-4-2-7(1)8-5-10-11-6-8;;/h1-6H,(H,10,11);2*1H. The highest BCUT2D eigenvalue weighted by Crippen LogP contribution is 2.14. The minimum absolute atomic E-state index is 0. The van der Waals surface area contributed by atoms with Crippen LogP contribution < -0.4 is 0 Å². The molecule has 70 valence electrons. The van der Waals surface area contributed by atoms with E-state index in [1.807, 2.05) is 18.3 Å². The van der Waals surface area contributed by atoms with E-state index < -0.39 is 0 Å². The maximum absolute atomic E-state index is 3.92. The Labute approximate surface area is 88.4 Å². The average molecular weight is 218 g/mol. The molecule has 0 radical (unpaired) electrons. The normalized spacial score (nSPS) is 8.31. The zero-order valence-electron chi connectivity index (χ0n) is 6.68. The molecule has 0 aliphatic heterocycles. The van der Waals surface area contributed by atoms with Crippen molar-refractivity contribution < 1.29 is 0 Å². The van der Waals surface area contributed by atoms with Crippen LogP contribution in [0, 0.1) is 0 Å². The lowest BCUT2D eigenvalue weighted by molar-refractivity contribution is 1.09. The van der Waals surface area contributed by atoms with E-state index >= 15 is 0 Å². The second-order valence-electron chi connectivity index (χ2n) is 2.22. The van der Waals surface area contributed by atoms with Gasteiger partial charge in [-0.3, -0.25) is 10.1 Å². The second kappa shape index (κ2) is 5.56. The molecule has 0 bridgehead atoms. The van der Waals surface area contributed by atoms with Gasteiger partial charge in [-0.05, 0) is 17.7 Å². The van der Waals surface area contributed by atoms with Gasteiger partial charge in [0.1, 0.15) is 0 Å². The molecule has 2 aromatic heterocycles. The first-order valence-electron chi connectivity index (χ1n) is 3.36. The van der Waals surface area contributed by atoms with Gasteiger partial charge in [0, 0.05) is 24.2 Å². The van der Waals surface area contributed by atoms with Crippen LogP contribution in [0.15, 0.2) is 36.9 Å². The van der Waals surface area contributed by atoms with Gasteiger partial charge in [-0.1, -0.05) is 0 Å². The Morgan fingerprint density at radius 3 is 2.23 bits per heavy atom. The van der Waals surface area contributed by atoms with Crippen molar-refractivity contribution in [3.8, 4) is 11.1 Å².